The van der Waals surface area contributed by atoms with Gasteiger partial charge in [0.25, 0.3) is 0 Å². The molecule has 0 bridgehead atoms. The maximum absolute atomic E-state index is 12.2. The van der Waals surface area contributed by atoms with Crippen LogP contribution in [0.1, 0.15) is 58.8 Å². The number of carbonyl (C=O) groups excluding carboxylic acids is 1. The average Bonchev–Trinajstić information content (AvgIpc) is 2.62. The lowest BCUT2D eigenvalue weighted by molar-refractivity contribution is -0.123. The Morgan fingerprint density at radius 2 is 1.81 bits per heavy atom. The van der Waals surface area contributed by atoms with E-state index in [2.05, 4.69) is 24.1 Å². The number of halogens is 1. The van der Waals surface area contributed by atoms with Crippen molar-refractivity contribution in [3.8, 4) is 0 Å². The van der Waals surface area contributed by atoms with Gasteiger partial charge in [-0.2, -0.15) is 0 Å². The van der Waals surface area contributed by atoms with Crippen LogP contribution < -0.4 is 11.1 Å². The highest BCUT2D eigenvalue weighted by Crippen LogP contribution is 2.27. The van der Waals surface area contributed by atoms with Crippen molar-refractivity contribution in [2.24, 2.45) is 11.1 Å². The predicted octanol–water partition coefficient (Wildman–Crippen LogP) is 2.31. The van der Waals surface area contributed by atoms with Crippen molar-refractivity contribution in [1.29, 1.82) is 0 Å². The summed E-state index contributed by atoms with van der Waals surface area (Å²) in [5.41, 5.74) is 6.26. The van der Waals surface area contributed by atoms with Crippen molar-refractivity contribution < 1.29 is 4.79 Å². The molecule has 1 saturated heterocycles. The highest BCUT2D eigenvalue weighted by Gasteiger charge is 2.34. The van der Waals surface area contributed by atoms with Crippen molar-refractivity contribution in [1.82, 2.24) is 10.2 Å². The Hall–Kier alpha value is -0.320. The van der Waals surface area contributed by atoms with E-state index >= 15 is 0 Å². The zero-order valence-corrected chi connectivity index (χ0v) is 14.4. The number of nitrogens with two attached hydrogens (primary N) is 1. The third kappa shape index (κ3) is 5.76. The normalized spacial score (nSPS) is 27.5. The highest BCUT2D eigenvalue weighted by atomic mass is 35.5. The molecule has 0 aromatic carbocycles. The fourth-order valence-corrected chi connectivity index (χ4v) is 3.52. The van der Waals surface area contributed by atoms with Gasteiger partial charge in [0, 0.05) is 25.2 Å². The Balaban J connectivity index is 0.00000220. The maximum atomic E-state index is 12.2. The summed E-state index contributed by atoms with van der Waals surface area (Å²) in [4.78, 5) is 14.5. The summed E-state index contributed by atoms with van der Waals surface area (Å²) >= 11 is 0. The van der Waals surface area contributed by atoms with E-state index in [1.54, 1.807) is 0 Å². The lowest BCUT2D eigenvalue weighted by atomic mass is 9.80. The first-order valence-corrected chi connectivity index (χ1v) is 8.25. The molecule has 1 heterocycles. The van der Waals surface area contributed by atoms with E-state index in [0.717, 1.165) is 32.4 Å². The quantitative estimate of drug-likeness (QED) is 0.785. The number of rotatable bonds is 3. The Kier molecular flexibility index (Phi) is 7.45. The third-order valence-corrected chi connectivity index (χ3v) is 4.98. The number of hydrogen-bond acceptors (Lipinski definition) is 3. The van der Waals surface area contributed by atoms with Crippen LogP contribution in [0, 0.1) is 5.41 Å². The average molecular weight is 318 g/mol. The van der Waals surface area contributed by atoms with E-state index in [1.165, 1.54) is 25.7 Å². The van der Waals surface area contributed by atoms with Gasteiger partial charge in [0.2, 0.25) is 5.91 Å². The summed E-state index contributed by atoms with van der Waals surface area (Å²) < 4.78 is 0. The maximum Gasteiger partial charge on any atom is 0.234 e. The standard InChI is InChI=1S/C16H31N3O.ClH/c1-16(2)12-19(10-9-14(16)17)11-15(20)18-13-7-5-3-4-6-8-13;/h13-14H,3-12,17H2,1-2H3,(H,18,20);1H. The van der Waals surface area contributed by atoms with Gasteiger partial charge < -0.3 is 11.1 Å². The molecule has 1 aliphatic heterocycles. The first-order valence-electron chi connectivity index (χ1n) is 8.25. The van der Waals surface area contributed by atoms with Gasteiger partial charge >= 0.3 is 0 Å². The van der Waals surface area contributed by atoms with Gasteiger partial charge in [-0.25, -0.2) is 0 Å². The lowest BCUT2D eigenvalue weighted by Crippen LogP contribution is -2.54. The van der Waals surface area contributed by atoms with Crippen molar-refractivity contribution in [3.63, 3.8) is 0 Å². The summed E-state index contributed by atoms with van der Waals surface area (Å²) in [7, 11) is 0. The predicted molar refractivity (Wildman–Crippen MR) is 89.7 cm³/mol. The molecule has 1 unspecified atom stereocenters. The van der Waals surface area contributed by atoms with Crippen molar-refractivity contribution in [2.45, 2.75) is 70.9 Å². The largest absolute Gasteiger partial charge is 0.352 e. The van der Waals surface area contributed by atoms with Crippen LogP contribution in [0.4, 0.5) is 0 Å². The summed E-state index contributed by atoms with van der Waals surface area (Å²) in [6.45, 7) is 6.81. The fraction of sp³-hybridized carbons (Fsp3) is 0.938. The molecule has 1 saturated carbocycles. The Morgan fingerprint density at radius 3 is 2.38 bits per heavy atom. The summed E-state index contributed by atoms with van der Waals surface area (Å²) in [5, 5.41) is 3.23. The van der Waals surface area contributed by atoms with Crippen LogP contribution in [-0.4, -0.2) is 42.5 Å². The number of nitrogens with one attached hydrogen (secondary N) is 1. The minimum absolute atomic E-state index is 0. The minimum atomic E-state index is 0. The molecule has 2 fully saturated rings. The van der Waals surface area contributed by atoms with Gasteiger partial charge in [-0.15, -0.1) is 12.4 Å². The van der Waals surface area contributed by atoms with E-state index < -0.39 is 0 Å². The molecule has 21 heavy (non-hydrogen) atoms. The van der Waals surface area contributed by atoms with Crippen LogP contribution in [0.2, 0.25) is 0 Å². The SMILES string of the molecule is CC1(C)CN(CC(=O)NC2CCCCCC2)CCC1N.Cl. The molecule has 2 rings (SSSR count). The van der Waals surface area contributed by atoms with Gasteiger partial charge in [0.05, 0.1) is 6.54 Å². The molecule has 124 valence electrons. The van der Waals surface area contributed by atoms with E-state index in [9.17, 15) is 4.79 Å². The molecule has 0 aromatic heterocycles. The molecular weight excluding hydrogens is 286 g/mol. The van der Waals surface area contributed by atoms with E-state index in [1.807, 2.05) is 0 Å². The van der Waals surface area contributed by atoms with E-state index in [-0.39, 0.29) is 29.8 Å². The molecule has 4 nitrogen and oxygen atoms in total. The summed E-state index contributed by atoms with van der Waals surface area (Å²) in [6, 6.07) is 0.661. The number of amides is 1. The molecule has 0 spiro atoms. The second-order valence-electron chi connectivity index (χ2n) is 7.35. The molecule has 5 heteroatoms. The number of carbonyl (C=O) groups is 1. The van der Waals surface area contributed by atoms with E-state index in [0.29, 0.717) is 12.6 Å². The molecule has 1 atom stereocenters. The van der Waals surface area contributed by atoms with Crippen LogP contribution in [-0.2, 0) is 4.79 Å². The summed E-state index contributed by atoms with van der Waals surface area (Å²) in [5.74, 6) is 0.197. The van der Waals surface area contributed by atoms with Gasteiger partial charge in [0.1, 0.15) is 0 Å². The topological polar surface area (TPSA) is 58.4 Å². The Labute approximate surface area is 135 Å². The van der Waals surface area contributed by atoms with Crippen LogP contribution in [0.5, 0.6) is 0 Å². The molecule has 2 aliphatic rings. The first-order chi connectivity index (χ1) is 9.47. The number of nitrogens with zero attached hydrogens (tertiary/aromatic N) is 1. The monoisotopic (exact) mass is 317 g/mol. The van der Waals surface area contributed by atoms with E-state index in [4.69, 9.17) is 5.73 Å². The van der Waals surface area contributed by atoms with Gasteiger partial charge in [0.15, 0.2) is 0 Å². The highest BCUT2D eigenvalue weighted by molar-refractivity contribution is 5.85. The van der Waals surface area contributed by atoms with Crippen molar-refractivity contribution in [3.05, 3.63) is 0 Å². The number of piperidine rings is 1. The molecule has 1 aliphatic carbocycles. The minimum Gasteiger partial charge on any atom is -0.352 e. The van der Waals surface area contributed by atoms with Gasteiger partial charge in [-0.3, -0.25) is 9.69 Å². The number of likely N-dealkylation sites (tertiary alicyclic amines) is 1. The fourth-order valence-electron chi connectivity index (χ4n) is 3.52. The smallest absolute Gasteiger partial charge is 0.234 e. The Bertz CT molecular complexity index is 327. The molecule has 1 amide bonds. The molecule has 0 radical (unpaired) electrons. The lowest BCUT2D eigenvalue weighted by Gasteiger charge is -2.42. The van der Waals surface area contributed by atoms with Crippen LogP contribution in [0.25, 0.3) is 0 Å². The molecule has 3 N–H and O–H groups in total. The van der Waals surface area contributed by atoms with Crippen LogP contribution >= 0.6 is 12.4 Å². The van der Waals surface area contributed by atoms with Gasteiger partial charge in [-0.1, -0.05) is 39.5 Å². The molecular formula is C16H32ClN3O. The summed E-state index contributed by atoms with van der Waals surface area (Å²) in [6.07, 6.45) is 8.47. The zero-order valence-electron chi connectivity index (χ0n) is 13.6. The molecule has 0 aromatic rings. The number of hydrogen-bond donors (Lipinski definition) is 2. The van der Waals surface area contributed by atoms with Crippen molar-refractivity contribution in [2.75, 3.05) is 19.6 Å². The second-order valence-corrected chi connectivity index (χ2v) is 7.35. The third-order valence-electron chi connectivity index (χ3n) is 4.98. The second kappa shape index (κ2) is 8.35. The van der Waals surface area contributed by atoms with Crippen molar-refractivity contribution >= 4 is 18.3 Å². The first kappa shape index (κ1) is 18.7. The van der Waals surface area contributed by atoms with Gasteiger partial charge in [-0.05, 0) is 24.7 Å². The Morgan fingerprint density at radius 1 is 1.19 bits per heavy atom. The zero-order chi connectivity index (χ0) is 14.6. The van der Waals surface area contributed by atoms with Crippen LogP contribution in [0.15, 0.2) is 0 Å². The van der Waals surface area contributed by atoms with Crippen LogP contribution in [0.3, 0.4) is 0 Å².